The van der Waals surface area contributed by atoms with Crippen LogP contribution in [0.3, 0.4) is 0 Å². The summed E-state index contributed by atoms with van der Waals surface area (Å²) in [7, 11) is 0. The fourth-order valence-corrected chi connectivity index (χ4v) is 3.82. The van der Waals surface area contributed by atoms with Crippen molar-refractivity contribution < 1.29 is 9.59 Å². The summed E-state index contributed by atoms with van der Waals surface area (Å²) in [6.07, 6.45) is 0.927. The van der Waals surface area contributed by atoms with Gasteiger partial charge in [-0.05, 0) is 72.9 Å². The van der Waals surface area contributed by atoms with E-state index in [9.17, 15) is 9.59 Å². The number of benzene rings is 3. The molecule has 1 heterocycles. The van der Waals surface area contributed by atoms with Crippen molar-refractivity contribution in [1.82, 2.24) is 0 Å². The topological polar surface area (TPSA) is 49.4 Å². The third-order valence-corrected chi connectivity index (χ3v) is 5.92. The summed E-state index contributed by atoms with van der Waals surface area (Å²) in [5.41, 5.74) is 5.70. The van der Waals surface area contributed by atoms with E-state index in [1.54, 1.807) is 30.3 Å². The molecular weight excluding hydrogens is 408 g/mol. The van der Waals surface area contributed by atoms with Crippen LogP contribution < -0.4 is 10.2 Å². The summed E-state index contributed by atoms with van der Waals surface area (Å²) in [4.78, 5) is 28.3. The average molecular weight is 431 g/mol. The van der Waals surface area contributed by atoms with Crippen LogP contribution in [-0.2, 0) is 16.0 Å². The lowest BCUT2D eigenvalue weighted by molar-refractivity contribution is -0.120. The molecule has 1 N–H and O–H groups in total. The Hall–Kier alpha value is -3.37. The van der Waals surface area contributed by atoms with Crippen molar-refractivity contribution in [2.24, 2.45) is 0 Å². The molecule has 3 aromatic carbocycles. The molecule has 0 atom stereocenters. The quantitative estimate of drug-likeness (QED) is 0.511. The van der Waals surface area contributed by atoms with E-state index in [2.05, 4.69) is 12.2 Å². The van der Waals surface area contributed by atoms with Gasteiger partial charge >= 0.3 is 0 Å². The van der Waals surface area contributed by atoms with Gasteiger partial charge in [-0.2, -0.15) is 0 Å². The zero-order chi connectivity index (χ0) is 22.1. The molecule has 3 aromatic rings. The Morgan fingerprint density at radius 1 is 0.871 bits per heavy atom. The molecule has 0 aromatic heterocycles. The Kier molecular flexibility index (Phi) is 5.66. The Bertz CT molecular complexity index is 1200. The number of amides is 2. The molecular formula is C26H23ClN2O2. The Balaban J connectivity index is 1.82. The molecule has 0 bridgehead atoms. The number of hydrogen-bond acceptors (Lipinski definition) is 3. The SMILES string of the molecule is CCc1ccc(NC2=C(c3ccc(Cl)cc3)C(=O)N(c3cccc(C)c3C)C2=O)cc1. The second-order valence-corrected chi connectivity index (χ2v) is 8.03. The molecule has 1 aliphatic heterocycles. The predicted octanol–water partition coefficient (Wildman–Crippen LogP) is 5.92. The number of imide groups is 1. The van der Waals surface area contributed by atoms with Gasteiger partial charge in [-0.15, -0.1) is 0 Å². The van der Waals surface area contributed by atoms with Crippen LogP contribution in [0.5, 0.6) is 0 Å². The van der Waals surface area contributed by atoms with Crippen LogP contribution in [0.4, 0.5) is 11.4 Å². The van der Waals surface area contributed by atoms with Gasteiger partial charge in [0.2, 0.25) is 0 Å². The van der Waals surface area contributed by atoms with Crippen molar-refractivity contribution in [2.75, 3.05) is 10.2 Å². The Labute approximate surface area is 187 Å². The third kappa shape index (κ3) is 3.87. The van der Waals surface area contributed by atoms with Gasteiger partial charge in [-0.25, -0.2) is 4.90 Å². The minimum Gasteiger partial charge on any atom is -0.350 e. The largest absolute Gasteiger partial charge is 0.350 e. The number of hydrogen-bond donors (Lipinski definition) is 1. The van der Waals surface area contributed by atoms with Crippen molar-refractivity contribution in [3.05, 3.63) is 99.7 Å². The van der Waals surface area contributed by atoms with Gasteiger partial charge < -0.3 is 5.32 Å². The lowest BCUT2D eigenvalue weighted by atomic mass is 10.0. The minimum atomic E-state index is -0.372. The predicted molar refractivity (Wildman–Crippen MR) is 126 cm³/mol. The molecule has 0 radical (unpaired) electrons. The highest BCUT2D eigenvalue weighted by Gasteiger charge is 2.40. The van der Waals surface area contributed by atoms with Crippen LogP contribution in [0.15, 0.2) is 72.4 Å². The van der Waals surface area contributed by atoms with Gasteiger partial charge in [0.05, 0.1) is 11.3 Å². The van der Waals surface area contributed by atoms with Crippen LogP contribution in [0.1, 0.15) is 29.2 Å². The van der Waals surface area contributed by atoms with Gasteiger partial charge in [0.1, 0.15) is 5.70 Å². The van der Waals surface area contributed by atoms with E-state index in [1.165, 1.54) is 10.5 Å². The van der Waals surface area contributed by atoms with Crippen LogP contribution in [0.25, 0.3) is 5.57 Å². The molecule has 0 spiro atoms. The molecule has 156 valence electrons. The normalized spacial score (nSPS) is 13.9. The summed E-state index contributed by atoms with van der Waals surface area (Å²) in [6, 6.07) is 20.4. The van der Waals surface area contributed by atoms with Gasteiger partial charge in [-0.3, -0.25) is 9.59 Å². The maximum atomic E-state index is 13.5. The zero-order valence-electron chi connectivity index (χ0n) is 17.7. The number of nitrogens with one attached hydrogen (secondary N) is 1. The van der Waals surface area contributed by atoms with Gasteiger partial charge in [-0.1, -0.05) is 54.9 Å². The summed E-state index contributed by atoms with van der Waals surface area (Å²) < 4.78 is 0. The Morgan fingerprint density at radius 2 is 1.55 bits per heavy atom. The van der Waals surface area contributed by atoms with Crippen LogP contribution >= 0.6 is 11.6 Å². The molecule has 4 nitrogen and oxygen atoms in total. The second kappa shape index (κ2) is 8.40. The number of anilines is 2. The standard InChI is InChI=1S/C26H23ClN2O2/c1-4-18-8-14-21(15-9-18)28-24-23(19-10-12-20(27)13-11-19)25(30)29(26(24)31)22-7-5-6-16(2)17(22)3/h5-15,28H,4H2,1-3H3. The van der Waals surface area contributed by atoms with Crippen molar-refractivity contribution >= 4 is 40.4 Å². The minimum absolute atomic E-state index is 0.262. The summed E-state index contributed by atoms with van der Waals surface area (Å²) in [6.45, 7) is 5.97. The molecule has 2 amide bonds. The first-order valence-corrected chi connectivity index (χ1v) is 10.6. The maximum Gasteiger partial charge on any atom is 0.282 e. The summed E-state index contributed by atoms with van der Waals surface area (Å²) in [5.74, 6) is -0.725. The fourth-order valence-electron chi connectivity index (χ4n) is 3.69. The fraction of sp³-hybridized carbons (Fsp3) is 0.154. The van der Waals surface area contributed by atoms with Crippen LogP contribution in [0.2, 0.25) is 5.02 Å². The van der Waals surface area contributed by atoms with E-state index >= 15 is 0 Å². The van der Waals surface area contributed by atoms with Crippen molar-refractivity contribution in [2.45, 2.75) is 27.2 Å². The molecule has 0 fully saturated rings. The summed E-state index contributed by atoms with van der Waals surface area (Å²) in [5, 5.41) is 3.77. The lowest BCUT2D eigenvalue weighted by Crippen LogP contribution is -2.33. The molecule has 5 heteroatoms. The van der Waals surface area contributed by atoms with E-state index in [0.29, 0.717) is 21.8 Å². The van der Waals surface area contributed by atoms with Gasteiger partial charge in [0, 0.05) is 10.7 Å². The molecule has 4 rings (SSSR count). The van der Waals surface area contributed by atoms with Crippen molar-refractivity contribution in [3.8, 4) is 0 Å². The van der Waals surface area contributed by atoms with E-state index in [-0.39, 0.29) is 17.5 Å². The first kappa shape index (κ1) is 20.9. The number of nitrogens with zero attached hydrogens (tertiary/aromatic N) is 1. The Morgan fingerprint density at radius 3 is 2.19 bits per heavy atom. The van der Waals surface area contributed by atoms with E-state index in [1.807, 2.05) is 50.2 Å². The molecule has 0 aliphatic carbocycles. The second-order valence-electron chi connectivity index (χ2n) is 7.60. The van der Waals surface area contributed by atoms with Gasteiger partial charge in [0.15, 0.2) is 0 Å². The first-order valence-electron chi connectivity index (χ1n) is 10.2. The van der Waals surface area contributed by atoms with E-state index in [4.69, 9.17) is 11.6 Å². The highest BCUT2D eigenvalue weighted by Crippen LogP contribution is 2.36. The maximum absolute atomic E-state index is 13.5. The van der Waals surface area contributed by atoms with Crippen molar-refractivity contribution in [1.29, 1.82) is 0 Å². The van der Waals surface area contributed by atoms with Gasteiger partial charge in [0.25, 0.3) is 11.8 Å². The highest BCUT2D eigenvalue weighted by atomic mass is 35.5. The number of aryl methyl sites for hydroxylation is 2. The van der Waals surface area contributed by atoms with Crippen molar-refractivity contribution in [3.63, 3.8) is 0 Å². The average Bonchev–Trinajstić information content (AvgIpc) is 3.01. The molecule has 0 saturated carbocycles. The number of halogens is 1. The lowest BCUT2D eigenvalue weighted by Gasteiger charge is -2.19. The van der Waals surface area contributed by atoms with Crippen LogP contribution in [-0.4, -0.2) is 11.8 Å². The molecule has 31 heavy (non-hydrogen) atoms. The number of carbonyl (C=O) groups is 2. The monoisotopic (exact) mass is 430 g/mol. The third-order valence-electron chi connectivity index (χ3n) is 5.67. The summed E-state index contributed by atoms with van der Waals surface area (Å²) >= 11 is 6.05. The molecule has 1 aliphatic rings. The number of rotatable bonds is 5. The van der Waals surface area contributed by atoms with E-state index < -0.39 is 0 Å². The molecule has 0 saturated heterocycles. The number of carbonyl (C=O) groups excluding carboxylic acids is 2. The zero-order valence-corrected chi connectivity index (χ0v) is 18.5. The highest BCUT2D eigenvalue weighted by molar-refractivity contribution is 6.46. The molecule has 0 unspecified atom stereocenters. The van der Waals surface area contributed by atoms with E-state index in [0.717, 1.165) is 23.2 Å². The first-order chi connectivity index (χ1) is 14.9. The smallest absolute Gasteiger partial charge is 0.282 e. The van der Waals surface area contributed by atoms with Crippen LogP contribution in [0, 0.1) is 13.8 Å².